The van der Waals surface area contributed by atoms with Crippen LogP contribution in [-0.4, -0.2) is 13.7 Å². The lowest BCUT2D eigenvalue weighted by molar-refractivity contribution is 0.279. The van der Waals surface area contributed by atoms with E-state index in [4.69, 9.17) is 15.2 Å². The minimum Gasteiger partial charge on any atom is -0.496 e. The van der Waals surface area contributed by atoms with Crippen molar-refractivity contribution in [3.05, 3.63) is 58.9 Å². The number of rotatable bonds is 6. The van der Waals surface area contributed by atoms with Crippen molar-refractivity contribution in [2.75, 3.05) is 13.7 Å². The molecule has 0 saturated heterocycles. The molecule has 0 fully saturated rings. The first-order chi connectivity index (χ1) is 10.2. The molecule has 21 heavy (non-hydrogen) atoms. The third-order valence-electron chi connectivity index (χ3n) is 3.27. The zero-order valence-corrected chi connectivity index (χ0v) is 12.4. The molecule has 0 saturated carbocycles. The van der Waals surface area contributed by atoms with Gasteiger partial charge in [0.2, 0.25) is 0 Å². The van der Waals surface area contributed by atoms with Crippen LogP contribution in [0.3, 0.4) is 0 Å². The Bertz CT molecular complexity index is 614. The molecule has 2 aromatic carbocycles. The number of ether oxygens (including phenoxy) is 2. The maximum absolute atomic E-state index is 13.9. The maximum Gasteiger partial charge on any atom is 0.165 e. The monoisotopic (exact) mass is 289 g/mol. The number of aryl methyl sites for hydroxylation is 1. The second kappa shape index (κ2) is 7.09. The summed E-state index contributed by atoms with van der Waals surface area (Å²) in [7, 11) is 1.61. The van der Waals surface area contributed by atoms with E-state index in [0.29, 0.717) is 13.0 Å². The molecule has 0 aliphatic heterocycles. The zero-order valence-electron chi connectivity index (χ0n) is 12.4. The van der Waals surface area contributed by atoms with E-state index in [1.807, 2.05) is 31.2 Å². The molecular weight excluding hydrogens is 269 g/mol. The SMILES string of the molecule is COc1ccc(C)cc1COc1c(F)cccc1CCN. The van der Waals surface area contributed by atoms with Gasteiger partial charge >= 0.3 is 0 Å². The summed E-state index contributed by atoms with van der Waals surface area (Å²) in [6, 6.07) is 10.7. The lowest BCUT2D eigenvalue weighted by Gasteiger charge is -2.14. The molecular formula is C17H20FNO2. The molecule has 0 spiro atoms. The van der Waals surface area contributed by atoms with E-state index in [9.17, 15) is 4.39 Å². The van der Waals surface area contributed by atoms with E-state index in [1.165, 1.54) is 6.07 Å². The van der Waals surface area contributed by atoms with Gasteiger partial charge in [0.1, 0.15) is 12.4 Å². The fraction of sp³-hybridized carbons (Fsp3) is 0.294. The Labute approximate surface area is 124 Å². The van der Waals surface area contributed by atoms with Gasteiger partial charge in [-0.2, -0.15) is 0 Å². The van der Waals surface area contributed by atoms with Crippen LogP contribution in [-0.2, 0) is 13.0 Å². The summed E-state index contributed by atoms with van der Waals surface area (Å²) in [6.45, 7) is 2.70. The van der Waals surface area contributed by atoms with Crippen LogP contribution >= 0.6 is 0 Å². The molecule has 0 amide bonds. The van der Waals surface area contributed by atoms with Gasteiger partial charge in [-0.05, 0) is 43.7 Å². The molecule has 0 heterocycles. The molecule has 2 N–H and O–H groups in total. The van der Waals surface area contributed by atoms with Crippen LogP contribution in [0.15, 0.2) is 36.4 Å². The van der Waals surface area contributed by atoms with Gasteiger partial charge in [0.05, 0.1) is 7.11 Å². The lowest BCUT2D eigenvalue weighted by atomic mass is 10.1. The molecule has 4 heteroatoms. The van der Waals surface area contributed by atoms with Gasteiger partial charge in [-0.15, -0.1) is 0 Å². The molecule has 0 radical (unpaired) electrons. The highest BCUT2D eigenvalue weighted by Gasteiger charge is 2.11. The molecule has 2 rings (SSSR count). The maximum atomic E-state index is 13.9. The number of methoxy groups -OCH3 is 1. The molecule has 0 bridgehead atoms. The molecule has 0 atom stereocenters. The van der Waals surface area contributed by atoms with Crippen LogP contribution in [0, 0.1) is 12.7 Å². The Hall–Kier alpha value is -2.07. The van der Waals surface area contributed by atoms with Crippen molar-refractivity contribution in [1.29, 1.82) is 0 Å². The van der Waals surface area contributed by atoms with Crippen molar-refractivity contribution < 1.29 is 13.9 Å². The third-order valence-corrected chi connectivity index (χ3v) is 3.27. The van der Waals surface area contributed by atoms with Gasteiger partial charge in [0, 0.05) is 5.56 Å². The number of benzene rings is 2. The van der Waals surface area contributed by atoms with Crippen molar-refractivity contribution in [3.8, 4) is 11.5 Å². The highest BCUT2D eigenvalue weighted by atomic mass is 19.1. The summed E-state index contributed by atoms with van der Waals surface area (Å²) in [5.41, 5.74) is 8.33. The largest absolute Gasteiger partial charge is 0.496 e. The summed E-state index contributed by atoms with van der Waals surface area (Å²) in [6.07, 6.45) is 0.581. The van der Waals surface area contributed by atoms with Gasteiger partial charge in [-0.3, -0.25) is 0 Å². The van der Waals surface area contributed by atoms with E-state index in [2.05, 4.69) is 0 Å². The Morgan fingerprint density at radius 3 is 2.67 bits per heavy atom. The summed E-state index contributed by atoms with van der Waals surface area (Å²) < 4.78 is 24.9. The fourth-order valence-corrected chi connectivity index (χ4v) is 2.24. The topological polar surface area (TPSA) is 44.5 Å². The van der Waals surface area contributed by atoms with Crippen LogP contribution in [0.25, 0.3) is 0 Å². The number of para-hydroxylation sites is 1. The summed E-state index contributed by atoms with van der Waals surface area (Å²) in [5.74, 6) is 0.636. The van der Waals surface area contributed by atoms with Gasteiger partial charge in [-0.1, -0.05) is 23.8 Å². The summed E-state index contributed by atoms with van der Waals surface area (Å²) in [5, 5.41) is 0. The predicted octanol–water partition coefficient (Wildman–Crippen LogP) is 3.22. The Morgan fingerprint density at radius 1 is 1.14 bits per heavy atom. The predicted molar refractivity (Wildman–Crippen MR) is 81.2 cm³/mol. The summed E-state index contributed by atoms with van der Waals surface area (Å²) in [4.78, 5) is 0. The van der Waals surface area contributed by atoms with E-state index in [-0.39, 0.29) is 18.2 Å². The van der Waals surface area contributed by atoms with Gasteiger partial charge < -0.3 is 15.2 Å². The second-order valence-electron chi connectivity index (χ2n) is 4.87. The molecule has 0 unspecified atom stereocenters. The van der Waals surface area contributed by atoms with Crippen molar-refractivity contribution >= 4 is 0 Å². The Balaban J connectivity index is 2.22. The normalized spacial score (nSPS) is 10.5. The average Bonchev–Trinajstić information content (AvgIpc) is 2.47. The van der Waals surface area contributed by atoms with Crippen LogP contribution in [0.4, 0.5) is 4.39 Å². The first-order valence-corrected chi connectivity index (χ1v) is 6.89. The minimum atomic E-state index is -0.368. The van der Waals surface area contributed by atoms with E-state index < -0.39 is 0 Å². The smallest absolute Gasteiger partial charge is 0.165 e. The van der Waals surface area contributed by atoms with Crippen molar-refractivity contribution in [2.45, 2.75) is 20.0 Å². The van der Waals surface area contributed by atoms with Gasteiger partial charge in [0.25, 0.3) is 0 Å². The number of hydrogen-bond acceptors (Lipinski definition) is 3. The quantitative estimate of drug-likeness (QED) is 0.888. The molecule has 0 aliphatic carbocycles. The van der Waals surface area contributed by atoms with Crippen LogP contribution in [0.1, 0.15) is 16.7 Å². The molecule has 2 aromatic rings. The van der Waals surface area contributed by atoms with Crippen LogP contribution < -0.4 is 15.2 Å². The highest BCUT2D eigenvalue weighted by Crippen LogP contribution is 2.26. The Kier molecular flexibility index (Phi) is 5.17. The first-order valence-electron chi connectivity index (χ1n) is 6.89. The second-order valence-corrected chi connectivity index (χ2v) is 4.87. The van der Waals surface area contributed by atoms with Gasteiger partial charge in [-0.25, -0.2) is 4.39 Å². The van der Waals surface area contributed by atoms with E-state index in [1.54, 1.807) is 13.2 Å². The first kappa shape index (κ1) is 15.3. The van der Waals surface area contributed by atoms with Crippen molar-refractivity contribution in [3.63, 3.8) is 0 Å². The van der Waals surface area contributed by atoms with Crippen LogP contribution in [0.2, 0.25) is 0 Å². The number of hydrogen-bond donors (Lipinski definition) is 1. The van der Waals surface area contributed by atoms with Crippen molar-refractivity contribution in [2.24, 2.45) is 5.73 Å². The molecule has 3 nitrogen and oxygen atoms in total. The number of nitrogens with two attached hydrogens (primary N) is 1. The van der Waals surface area contributed by atoms with Crippen LogP contribution in [0.5, 0.6) is 11.5 Å². The van der Waals surface area contributed by atoms with Crippen molar-refractivity contribution in [1.82, 2.24) is 0 Å². The summed E-state index contributed by atoms with van der Waals surface area (Å²) >= 11 is 0. The molecule has 0 aliphatic rings. The average molecular weight is 289 g/mol. The lowest BCUT2D eigenvalue weighted by Crippen LogP contribution is -2.07. The van der Waals surface area contributed by atoms with E-state index in [0.717, 1.165) is 22.4 Å². The number of halogens is 1. The minimum absolute atomic E-state index is 0.253. The highest BCUT2D eigenvalue weighted by molar-refractivity contribution is 5.38. The van der Waals surface area contributed by atoms with E-state index >= 15 is 0 Å². The zero-order chi connectivity index (χ0) is 15.2. The fourth-order valence-electron chi connectivity index (χ4n) is 2.24. The standard InChI is InChI=1S/C17H20FNO2/c1-12-6-7-16(20-2)14(10-12)11-21-17-13(8-9-19)4-3-5-15(17)18/h3-7,10H,8-9,11,19H2,1-2H3. The Morgan fingerprint density at radius 2 is 1.95 bits per heavy atom. The van der Waals surface area contributed by atoms with Gasteiger partial charge in [0.15, 0.2) is 11.6 Å². The molecule has 0 aromatic heterocycles. The molecule has 112 valence electrons. The third kappa shape index (κ3) is 3.73.